The highest BCUT2D eigenvalue weighted by molar-refractivity contribution is 6.42. The van der Waals surface area contributed by atoms with E-state index in [2.05, 4.69) is 17.1 Å². The molecule has 0 saturated carbocycles. The SMILES string of the molecule is CCN1CCC(CNc2cc(Cl)c(Cl)cc2N)C1. The Bertz CT molecular complexity index is 423. The molecule has 1 saturated heterocycles. The molecule has 0 amide bonds. The van der Waals surface area contributed by atoms with Crippen molar-refractivity contribution >= 4 is 34.6 Å². The van der Waals surface area contributed by atoms with Gasteiger partial charge in [-0.05, 0) is 37.6 Å². The summed E-state index contributed by atoms with van der Waals surface area (Å²) in [6, 6.07) is 3.49. The quantitative estimate of drug-likeness (QED) is 0.835. The second-order valence-electron chi connectivity index (χ2n) is 4.78. The first kappa shape index (κ1) is 13.8. The third-order valence-corrected chi connectivity index (χ3v) is 4.21. The molecule has 1 fully saturated rings. The van der Waals surface area contributed by atoms with E-state index in [1.807, 2.05) is 0 Å². The van der Waals surface area contributed by atoms with Gasteiger partial charge < -0.3 is 16.0 Å². The largest absolute Gasteiger partial charge is 0.397 e. The lowest BCUT2D eigenvalue weighted by Crippen LogP contribution is -2.22. The molecule has 1 atom stereocenters. The normalized spacial score (nSPS) is 20.3. The van der Waals surface area contributed by atoms with Crippen LogP contribution in [0, 0.1) is 5.92 Å². The third-order valence-electron chi connectivity index (χ3n) is 3.49. The number of nitrogens with two attached hydrogens (primary N) is 1. The Balaban J connectivity index is 1.93. The molecule has 1 aromatic carbocycles. The van der Waals surface area contributed by atoms with Crippen LogP contribution in [0.5, 0.6) is 0 Å². The molecule has 3 nitrogen and oxygen atoms in total. The molecule has 18 heavy (non-hydrogen) atoms. The van der Waals surface area contributed by atoms with Gasteiger partial charge in [0.2, 0.25) is 0 Å². The molecule has 1 heterocycles. The maximum Gasteiger partial charge on any atom is 0.0614 e. The first-order chi connectivity index (χ1) is 8.60. The second-order valence-corrected chi connectivity index (χ2v) is 5.60. The molecule has 0 bridgehead atoms. The molecular weight excluding hydrogens is 269 g/mol. The number of halogens is 2. The van der Waals surface area contributed by atoms with Crippen LogP contribution in [0.25, 0.3) is 0 Å². The number of rotatable bonds is 4. The predicted molar refractivity (Wildman–Crippen MR) is 79.6 cm³/mol. The Morgan fingerprint density at radius 1 is 1.39 bits per heavy atom. The Kier molecular flexibility index (Phi) is 4.60. The van der Waals surface area contributed by atoms with Crippen molar-refractivity contribution in [1.82, 2.24) is 4.90 Å². The summed E-state index contributed by atoms with van der Waals surface area (Å²) in [4.78, 5) is 2.46. The second kappa shape index (κ2) is 6.00. The van der Waals surface area contributed by atoms with Crippen molar-refractivity contribution in [3.05, 3.63) is 22.2 Å². The lowest BCUT2D eigenvalue weighted by atomic mass is 10.1. The van der Waals surface area contributed by atoms with Crippen LogP contribution in [0.1, 0.15) is 13.3 Å². The Labute approximate surface area is 118 Å². The number of nitrogens with zero attached hydrogens (tertiary/aromatic N) is 1. The van der Waals surface area contributed by atoms with Crippen LogP contribution in [0.15, 0.2) is 12.1 Å². The predicted octanol–water partition coefficient (Wildman–Crippen LogP) is 3.33. The van der Waals surface area contributed by atoms with Crippen LogP contribution >= 0.6 is 23.2 Å². The summed E-state index contributed by atoms with van der Waals surface area (Å²) in [6.45, 7) is 6.61. The highest BCUT2D eigenvalue weighted by Crippen LogP contribution is 2.31. The molecular formula is C13H19Cl2N3. The molecule has 1 unspecified atom stereocenters. The summed E-state index contributed by atoms with van der Waals surface area (Å²) in [7, 11) is 0. The summed E-state index contributed by atoms with van der Waals surface area (Å²) in [6.07, 6.45) is 1.24. The zero-order chi connectivity index (χ0) is 13.1. The number of hydrogen-bond acceptors (Lipinski definition) is 3. The van der Waals surface area contributed by atoms with Crippen molar-refractivity contribution in [3.63, 3.8) is 0 Å². The third kappa shape index (κ3) is 3.22. The van der Waals surface area contributed by atoms with E-state index in [9.17, 15) is 0 Å². The Morgan fingerprint density at radius 3 is 2.78 bits per heavy atom. The molecule has 3 N–H and O–H groups in total. The zero-order valence-corrected chi connectivity index (χ0v) is 12.1. The van der Waals surface area contributed by atoms with E-state index < -0.39 is 0 Å². The van der Waals surface area contributed by atoms with Crippen molar-refractivity contribution in [2.24, 2.45) is 5.92 Å². The number of hydrogen-bond donors (Lipinski definition) is 2. The maximum atomic E-state index is 5.99. The van der Waals surface area contributed by atoms with E-state index in [0.717, 1.165) is 25.3 Å². The van der Waals surface area contributed by atoms with Crippen LogP contribution in [-0.2, 0) is 0 Å². The van der Waals surface area contributed by atoms with E-state index >= 15 is 0 Å². The summed E-state index contributed by atoms with van der Waals surface area (Å²) >= 11 is 11.9. The highest BCUT2D eigenvalue weighted by Gasteiger charge is 2.20. The van der Waals surface area contributed by atoms with Crippen LogP contribution in [-0.4, -0.2) is 31.1 Å². The number of likely N-dealkylation sites (tertiary alicyclic amines) is 1. The van der Waals surface area contributed by atoms with Gasteiger partial charge >= 0.3 is 0 Å². The van der Waals surface area contributed by atoms with Crippen molar-refractivity contribution in [1.29, 1.82) is 0 Å². The average Bonchev–Trinajstić information content (AvgIpc) is 2.80. The van der Waals surface area contributed by atoms with Gasteiger partial charge in [-0.15, -0.1) is 0 Å². The Hall–Kier alpha value is -0.640. The smallest absolute Gasteiger partial charge is 0.0614 e. The van der Waals surface area contributed by atoms with Crippen molar-refractivity contribution in [2.75, 3.05) is 37.2 Å². The molecule has 0 radical (unpaired) electrons. The van der Waals surface area contributed by atoms with Gasteiger partial charge in [-0.2, -0.15) is 0 Å². The minimum absolute atomic E-state index is 0.498. The van der Waals surface area contributed by atoms with Gasteiger partial charge in [0.15, 0.2) is 0 Å². The minimum Gasteiger partial charge on any atom is -0.397 e. The molecule has 0 aliphatic carbocycles. The molecule has 100 valence electrons. The fourth-order valence-corrected chi connectivity index (χ4v) is 2.67. The number of benzene rings is 1. The van der Waals surface area contributed by atoms with E-state index in [4.69, 9.17) is 28.9 Å². The topological polar surface area (TPSA) is 41.3 Å². The van der Waals surface area contributed by atoms with Crippen LogP contribution in [0.4, 0.5) is 11.4 Å². The standard InChI is InChI=1S/C13H19Cl2N3/c1-2-18-4-3-9(8-18)7-17-13-6-11(15)10(14)5-12(13)16/h5-6,9,17H,2-4,7-8,16H2,1H3. The molecule has 1 aromatic rings. The molecule has 1 aliphatic heterocycles. The monoisotopic (exact) mass is 287 g/mol. The number of anilines is 2. The van der Waals surface area contributed by atoms with Crippen LogP contribution in [0.2, 0.25) is 10.0 Å². The van der Waals surface area contributed by atoms with Crippen LogP contribution in [0.3, 0.4) is 0 Å². The van der Waals surface area contributed by atoms with E-state index in [0.29, 0.717) is 21.7 Å². The summed E-state index contributed by atoms with van der Waals surface area (Å²) in [5.41, 5.74) is 7.43. The summed E-state index contributed by atoms with van der Waals surface area (Å²) in [5, 5.41) is 4.41. The van der Waals surface area contributed by atoms with Crippen molar-refractivity contribution < 1.29 is 0 Å². The van der Waals surface area contributed by atoms with Gasteiger partial charge in [0, 0.05) is 13.1 Å². The lowest BCUT2D eigenvalue weighted by molar-refractivity contribution is 0.345. The molecule has 0 aromatic heterocycles. The van der Waals surface area contributed by atoms with Gasteiger partial charge in [0.25, 0.3) is 0 Å². The average molecular weight is 288 g/mol. The summed E-state index contributed by atoms with van der Waals surface area (Å²) < 4.78 is 0. The van der Waals surface area contributed by atoms with Gasteiger partial charge in [-0.25, -0.2) is 0 Å². The number of nitrogens with one attached hydrogen (secondary N) is 1. The van der Waals surface area contributed by atoms with Gasteiger partial charge in [-0.1, -0.05) is 30.1 Å². The van der Waals surface area contributed by atoms with Crippen molar-refractivity contribution in [2.45, 2.75) is 13.3 Å². The number of nitrogen functional groups attached to an aromatic ring is 1. The fourth-order valence-electron chi connectivity index (χ4n) is 2.34. The fraction of sp³-hybridized carbons (Fsp3) is 0.538. The first-order valence-electron chi connectivity index (χ1n) is 6.31. The first-order valence-corrected chi connectivity index (χ1v) is 7.06. The van der Waals surface area contributed by atoms with Crippen LogP contribution < -0.4 is 11.1 Å². The van der Waals surface area contributed by atoms with Crippen molar-refractivity contribution in [3.8, 4) is 0 Å². The van der Waals surface area contributed by atoms with E-state index in [1.54, 1.807) is 12.1 Å². The van der Waals surface area contributed by atoms with Gasteiger partial charge in [0.1, 0.15) is 0 Å². The molecule has 1 aliphatic rings. The van der Waals surface area contributed by atoms with Gasteiger partial charge in [0.05, 0.1) is 21.4 Å². The maximum absolute atomic E-state index is 5.99. The molecule has 5 heteroatoms. The van der Waals surface area contributed by atoms with Gasteiger partial charge in [-0.3, -0.25) is 0 Å². The molecule has 0 spiro atoms. The summed E-state index contributed by atoms with van der Waals surface area (Å²) in [5.74, 6) is 0.679. The van der Waals surface area contributed by atoms with E-state index in [1.165, 1.54) is 13.0 Å². The minimum atomic E-state index is 0.498. The van der Waals surface area contributed by atoms with E-state index in [-0.39, 0.29) is 0 Å². The Morgan fingerprint density at radius 2 is 2.11 bits per heavy atom. The zero-order valence-electron chi connectivity index (χ0n) is 10.5. The lowest BCUT2D eigenvalue weighted by Gasteiger charge is -2.16. The highest BCUT2D eigenvalue weighted by atomic mass is 35.5. The molecule has 2 rings (SSSR count).